The molecule has 19 heavy (non-hydrogen) atoms. The largest absolute Gasteiger partial charge is 0.493 e. The maximum Gasteiger partial charge on any atom is 0.161 e. The fourth-order valence-corrected chi connectivity index (χ4v) is 4.11. The van der Waals surface area contributed by atoms with Gasteiger partial charge in [-0.05, 0) is 39.7 Å². The molecule has 1 heterocycles. The van der Waals surface area contributed by atoms with Gasteiger partial charge in [0.25, 0.3) is 0 Å². The Bertz CT molecular complexity index is 567. The van der Waals surface area contributed by atoms with Gasteiger partial charge in [-0.15, -0.1) is 11.3 Å². The highest BCUT2D eigenvalue weighted by molar-refractivity contribution is 9.11. The minimum absolute atomic E-state index is 0.0705. The van der Waals surface area contributed by atoms with E-state index in [0.29, 0.717) is 5.75 Å². The lowest BCUT2D eigenvalue weighted by molar-refractivity contribution is 0.354. The summed E-state index contributed by atoms with van der Waals surface area (Å²) in [5.41, 5.74) is 1.09. The third-order valence-corrected chi connectivity index (χ3v) is 6.48. The van der Waals surface area contributed by atoms with Crippen LogP contribution in [0.1, 0.15) is 15.3 Å². The molecule has 0 fully saturated rings. The molecule has 0 saturated heterocycles. The Morgan fingerprint density at radius 2 is 1.84 bits per heavy atom. The van der Waals surface area contributed by atoms with Crippen molar-refractivity contribution >= 4 is 54.8 Å². The number of hydrogen-bond acceptors (Lipinski definition) is 3. The Labute approximate surface area is 137 Å². The van der Waals surface area contributed by atoms with Crippen LogP contribution in [0.3, 0.4) is 0 Å². The van der Waals surface area contributed by atoms with E-state index in [1.807, 2.05) is 24.3 Å². The lowest BCUT2D eigenvalue weighted by Crippen LogP contribution is -1.94. The van der Waals surface area contributed by atoms with E-state index in [4.69, 9.17) is 21.1 Å². The first-order chi connectivity index (χ1) is 9.06. The predicted molar refractivity (Wildman–Crippen MR) is 87.3 cm³/mol. The van der Waals surface area contributed by atoms with E-state index in [-0.39, 0.29) is 4.83 Å². The van der Waals surface area contributed by atoms with Crippen LogP contribution >= 0.6 is 54.8 Å². The average molecular weight is 427 g/mol. The minimum atomic E-state index is 0.0705. The molecule has 102 valence electrons. The molecule has 0 radical (unpaired) electrons. The number of benzene rings is 1. The summed E-state index contributed by atoms with van der Waals surface area (Å²) in [6, 6.07) is 7.81. The van der Waals surface area contributed by atoms with Crippen LogP contribution in [0.4, 0.5) is 0 Å². The normalized spacial score (nSPS) is 12.3. The van der Waals surface area contributed by atoms with Crippen LogP contribution in [0.25, 0.3) is 0 Å². The van der Waals surface area contributed by atoms with Crippen LogP contribution < -0.4 is 9.47 Å². The first-order valence-electron chi connectivity index (χ1n) is 5.37. The van der Waals surface area contributed by atoms with E-state index in [2.05, 4.69) is 31.9 Å². The van der Waals surface area contributed by atoms with E-state index in [1.54, 1.807) is 25.6 Å². The average Bonchev–Trinajstić information content (AvgIpc) is 2.77. The van der Waals surface area contributed by atoms with Gasteiger partial charge in [0.2, 0.25) is 0 Å². The Morgan fingerprint density at radius 3 is 2.37 bits per heavy atom. The van der Waals surface area contributed by atoms with Gasteiger partial charge in [-0.25, -0.2) is 0 Å². The number of alkyl halides is 1. The maximum absolute atomic E-state index is 6.07. The van der Waals surface area contributed by atoms with Crippen molar-refractivity contribution in [2.75, 3.05) is 14.2 Å². The Hall–Kier alpha value is -0.230. The molecule has 2 nitrogen and oxygen atoms in total. The first-order valence-corrected chi connectivity index (χ1v) is 8.28. The highest BCUT2D eigenvalue weighted by atomic mass is 79.9. The number of hydrogen-bond donors (Lipinski definition) is 0. The van der Waals surface area contributed by atoms with Crippen LogP contribution in [0, 0.1) is 0 Å². The fraction of sp³-hybridized carbons (Fsp3) is 0.231. The zero-order valence-electron chi connectivity index (χ0n) is 10.2. The van der Waals surface area contributed by atoms with Crippen LogP contribution in [0.15, 0.2) is 28.1 Å². The molecule has 0 aliphatic heterocycles. The molecule has 0 saturated carbocycles. The van der Waals surface area contributed by atoms with Crippen molar-refractivity contribution in [3.63, 3.8) is 0 Å². The first kappa shape index (κ1) is 15.2. The molecule has 0 aliphatic carbocycles. The number of ether oxygens (including phenoxy) is 2. The van der Waals surface area contributed by atoms with Crippen LogP contribution in [0.5, 0.6) is 11.5 Å². The summed E-state index contributed by atoms with van der Waals surface area (Å²) in [6.45, 7) is 0. The van der Waals surface area contributed by atoms with Gasteiger partial charge in [0, 0.05) is 4.88 Å². The van der Waals surface area contributed by atoms with Gasteiger partial charge in [-0.3, -0.25) is 0 Å². The molecule has 1 atom stereocenters. The highest BCUT2D eigenvalue weighted by Crippen LogP contribution is 2.42. The number of halogens is 3. The molecule has 0 bridgehead atoms. The SMILES string of the molecule is COc1ccc(C(Br)c2cc(Cl)c(Br)s2)cc1OC. The third kappa shape index (κ3) is 3.27. The van der Waals surface area contributed by atoms with Crippen molar-refractivity contribution in [1.82, 2.24) is 0 Å². The lowest BCUT2D eigenvalue weighted by atomic mass is 10.1. The van der Waals surface area contributed by atoms with Crippen molar-refractivity contribution in [2.45, 2.75) is 4.83 Å². The predicted octanol–water partition coefficient (Wildman–Crippen LogP) is 5.67. The summed E-state index contributed by atoms with van der Waals surface area (Å²) in [5.74, 6) is 1.43. The molecule has 0 amide bonds. The van der Waals surface area contributed by atoms with E-state index in [0.717, 1.165) is 25.0 Å². The van der Waals surface area contributed by atoms with Gasteiger partial charge >= 0.3 is 0 Å². The van der Waals surface area contributed by atoms with E-state index < -0.39 is 0 Å². The van der Waals surface area contributed by atoms with E-state index in [9.17, 15) is 0 Å². The smallest absolute Gasteiger partial charge is 0.161 e. The van der Waals surface area contributed by atoms with Crippen molar-refractivity contribution < 1.29 is 9.47 Å². The van der Waals surface area contributed by atoms with Crippen LogP contribution in [-0.4, -0.2) is 14.2 Å². The van der Waals surface area contributed by atoms with Crippen molar-refractivity contribution in [3.8, 4) is 11.5 Å². The monoisotopic (exact) mass is 424 g/mol. The van der Waals surface area contributed by atoms with Gasteiger partial charge in [0.05, 0.1) is 27.9 Å². The van der Waals surface area contributed by atoms with Gasteiger partial charge in [0.15, 0.2) is 11.5 Å². The zero-order chi connectivity index (χ0) is 14.0. The Kier molecular flexibility index (Phi) is 5.17. The van der Waals surface area contributed by atoms with Gasteiger partial charge in [0.1, 0.15) is 0 Å². The standard InChI is InChI=1S/C13H11Br2ClO2S/c1-17-9-4-3-7(5-10(9)18-2)12(14)11-6-8(16)13(15)19-11/h3-6,12H,1-2H3. The van der Waals surface area contributed by atoms with Crippen molar-refractivity contribution in [1.29, 1.82) is 0 Å². The molecule has 1 aromatic carbocycles. The molecule has 1 aromatic heterocycles. The number of thiophene rings is 1. The summed E-state index contributed by atoms with van der Waals surface area (Å²) in [7, 11) is 3.25. The lowest BCUT2D eigenvalue weighted by Gasteiger charge is -2.12. The topological polar surface area (TPSA) is 18.5 Å². The molecule has 0 spiro atoms. The number of methoxy groups -OCH3 is 2. The third-order valence-electron chi connectivity index (χ3n) is 2.61. The van der Waals surface area contributed by atoms with Crippen molar-refractivity contribution in [2.24, 2.45) is 0 Å². The second-order valence-electron chi connectivity index (χ2n) is 3.75. The zero-order valence-corrected chi connectivity index (χ0v) is 15.0. The summed E-state index contributed by atoms with van der Waals surface area (Å²) >= 11 is 14.8. The summed E-state index contributed by atoms with van der Waals surface area (Å²) in [4.78, 5) is 1.20. The molecule has 6 heteroatoms. The molecule has 2 rings (SSSR count). The second kappa shape index (κ2) is 6.48. The molecular weight excluding hydrogens is 415 g/mol. The van der Waals surface area contributed by atoms with E-state index in [1.165, 1.54) is 0 Å². The molecule has 0 N–H and O–H groups in total. The molecular formula is C13H11Br2ClO2S. The van der Waals surface area contributed by atoms with E-state index >= 15 is 0 Å². The Morgan fingerprint density at radius 1 is 1.16 bits per heavy atom. The fourth-order valence-electron chi connectivity index (χ4n) is 1.66. The number of rotatable bonds is 4. The quantitative estimate of drug-likeness (QED) is 0.587. The molecule has 1 unspecified atom stereocenters. The summed E-state index contributed by atoms with van der Waals surface area (Å²) in [5, 5.41) is 0.727. The van der Waals surface area contributed by atoms with Crippen LogP contribution in [-0.2, 0) is 0 Å². The van der Waals surface area contributed by atoms with Crippen molar-refractivity contribution in [3.05, 3.63) is 43.5 Å². The summed E-state index contributed by atoms with van der Waals surface area (Å²) in [6.07, 6.45) is 0. The van der Waals surface area contributed by atoms with Gasteiger partial charge in [-0.1, -0.05) is 33.6 Å². The minimum Gasteiger partial charge on any atom is -0.493 e. The molecule has 2 aromatic rings. The highest BCUT2D eigenvalue weighted by Gasteiger charge is 2.17. The van der Waals surface area contributed by atoms with Crippen LogP contribution in [0.2, 0.25) is 5.02 Å². The second-order valence-corrected chi connectivity index (χ2v) is 7.47. The molecule has 0 aliphatic rings. The summed E-state index contributed by atoms with van der Waals surface area (Å²) < 4.78 is 11.5. The van der Waals surface area contributed by atoms with Gasteiger partial charge in [-0.2, -0.15) is 0 Å². The Balaban J connectivity index is 2.35. The van der Waals surface area contributed by atoms with Gasteiger partial charge < -0.3 is 9.47 Å². The maximum atomic E-state index is 6.07.